The molecule has 0 saturated heterocycles. The molecule has 0 amide bonds. The molecule has 3 nitrogen and oxygen atoms in total. The Morgan fingerprint density at radius 3 is 1.33 bits per heavy atom. The van der Waals surface area contributed by atoms with E-state index in [1.54, 1.807) is 0 Å². The molecule has 142 valence electrons. The molecule has 0 aliphatic rings. The molecule has 3 heteroatoms. The summed E-state index contributed by atoms with van der Waals surface area (Å²) in [4.78, 5) is 21.9. The lowest BCUT2D eigenvalue weighted by Crippen LogP contribution is -2.00. The first-order valence-corrected chi connectivity index (χ1v) is 10.4. The van der Waals surface area contributed by atoms with Gasteiger partial charge in [0, 0.05) is 19.3 Å². The molecule has 0 radical (unpaired) electrons. The Balaban J connectivity index is 3.12. The van der Waals surface area contributed by atoms with Gasteiger partial charge in [0.05, 0.1) is 0 Å². The van der Waals surface area contributed by atoms with Crippen molar-refractivity contribution in [2.45, 2.75) is 122 Å². The van der Waals surface area contributed by atoms with Crippen molar-refractivity contribution < 1.29 is 14.7 Å². The van der Waals surface area contributed by atoms with Crippen LogP contribution in [0.4, 0.5) is 0 Å². The number of ketones is 1. The number of rotatable bonds is 19. The summed E-state index contributed by atoms with van der Waals surface area (Å²) in [7, 11) is 0. The largest absolute Gasteiger partial charge is 0.481 e. The number of aliphatic carboxylic acids is 1. The molecule has 1 N–H and O–H groups in total. The molecule has 0 aromatic carbocycles. The fraction of sp³-hybridized carbons (Fsp3) is 0.905. The second kappa shape index (κ2) is 18.5. The number of carboxylic acid groups (broad SMARTS) is 1. The quantitative estimate of drug-likeness (QED) is 0.267. The van der Waals surface area contributed by atoms with Crippen LogP contribution in [-0.4, -0.2) is 16.9 Å². The van der Waals surface area contributed by atoms with E-state index in [2.05, 4.69) is 6.92 Å². The van der Waals surface area contributed by atoms with Crippen LogP contribution >= 0.6 is 0 Å². The predicted molar refractivity (Wildman–Crippen MR) is 101 cm³/mol. The van der Waals surface area contributed by atoms with Crippen LogP contribution in [-0.2, 0) is 9.59 Å². The lowest BCUT2D eigenvalue weighted by atomic mass is 10.0. The highest BCUT2D eigenvalue weighted by Gasteiger charge is 2.04. The summed E-state index contributed by atoms with van der Waals surface area (Å²) in [5.74, 6) is -0.575. The Kier molecular flexibility index (Phi) is 17.8. The van der Waals surface area contributed by atoms with Gasteiger partial charge in [-0.25, -0.2) is 0 Å². The summed E-state index contributed by atoms with van der Waals surface area (Å²) >= 11 is 0. The molecule has 0 saturated carbocycles. The Labute approximate surface area is 149 Å². The van der Waals surface area contributed by atoms with Crippen molar-refractivity contribution in [3.8, 4) is 0 Å². The Morgan fingerprint density at radius 1 is 0.542 bits per heavy atom. The minimum atomic E-state index is -0.806. The number of hydrogen-bond acceptors (Lipinski definition) is 2. The van der Waals surface area contributed by atoms with Gasteiger partial charge in [0.25, 0.3) is 0 Å². The van der Waals surface area contributed by atoms with Gasteiger partial charge < -0.3 is 5.11 Å². The van der Waals surface area contributed by atoms with Crippen molar-refractivity contribution in [3.63, 3.8) is 0 Å². The molecule has 0 rings (SSSR count). The average molecular weight is 341 g/mol. The third-order valence-electron chi connectivity index (χ3n) is 4.66. The molecular formula is C21H40O3. The smallest absolute Gasteiger partial charge is 0.303 e. The van der Waals surface area contributed by atoms with Gasteiger partial charge in [-0.15, -0.1) is 0 Å². The minimum absolute atomic E-state index is 0.116. The summed E-state index contributed by atoms with van der Waals surface area (Å²) in [5, 5.41) is 8.52. The van der Waals surface area contributed by atoms with Gasteiger partial charge in [0.2, 0.25) is 0 Å². The number of carbonyl (C=O) groups is 2. The van der Waals surface area contributed by atoms with Crippen molar-refractivity contribution in [2.75, 3.05) is 0 Å². The zero-order valence-corrected chi connectivity index (χ0v) is 16.0. The van der Waals surface area contributed by atoms with E-state index in [1.165, 1.54) is 77.0 Å². The molecule has 0 aromatic rings. The van der Waals surface area contributed by atoms with Crippen LogP contribution in [0.15, 0.2) is 0 Å². The summed E-state index contributed by atoms with van der Waals surface area (Å²) in [6.45, 7) is 2.26. The van der Waals surface area contributed by atoms with Crippen LogP contribution in [0.25, 0.3) is 0 Å². The first kappa shape index (κ1) is 23.1. The van der Waals surface area contributed by atoms with E-state index in [0.29, 0.717) is 19.3 Å². The van der Waals surface area contributed by atoms with Crippen LogP contribution < -0.4 is 0 Å². The number of carbonyl (C=O) groups excluding carboxylic acids is 1. The van der Waals surface area contributed by atoms with Crippen LogP contribution in [0.1, 0.15) is 122 Å². The molecule has 0 unspecified atom stereocenters. The molecule has 0 aliphatic heterocycles. The molecule has 0 aliphatic carbocycles. The summed E-state index contributed by atoms with van der Waals surface area (Å²) < 4.78 is 0. The highest BCUT2D eigenvalue weighted by molar-refractivity contribution is 5.78. The molecule has 0 atom stereocenters. The highest BCUT2D eigenvalue weighted by atomic mass is 16.4. The average Bonchev–Trinajstić information content (AvgIpc) is 2.55. The topological polar surface area (TPSA) is 54.4 Å². The first-order chi connectivity index (χ1) is 11.7. The Morgan fingerprint density at radius 2 is 0.917 bits per heavy atom. The molecular weight excluding hydrogens is 300 g/mol. The SMILES string of the molecule is CCCCCCCCCCCCCCCCC(=O)CCCC(=O)O. The maximum atomic E-state index is 11.6. The first-order valence-electron chi connectivity index (χ1n) is 10.4. The van der Waals surface area contributed by atoms with E-state index in [9.17, 15) is 9.59 Å². The minimum Gasteiger partial charge on any atom is -0.481 e. The van der Waals surface area contributed by atoms with Crippen molar-refractivity contribution in [1.82, 2.24) is 0 Å². The Hall–Kier alpha value is -0.860. The maximum absolute atomic E-state index is 11.6. The van der Waals surface area contributed by atoms with Crippen molar-refractivity contribution in [2.24, 2.45) is 0 Å². The van der Waals surface area contributed by atoms with Crippen molar-refractivity contribution in [3.05, 3.63) is 0 Å². The molecule has 0 fully saturated rings. The maximum Gasteiger partial charge on any atom is 0.303 e. The summed E-state index contributed by atoms with van der Waals surface area (Å²) in [6, 6.07) is 0. The lowest BCUT2D eigenvalue weighted by molar-refractivity contribution is -0.137. The fourth-order valence-electron chi connectivity index (χ4n) is 3.08. The van der Waals surface area contributed by atoms with Gasteiger partial charge in [-0.3, -0.25) is 9.59 Å². The third kappa shape index (κ3) is 19.2. The van der Waals surface area contributed by atoms with Crippen molar-refractivity contribution >= 4 is 11.8 Å². The van der Waals surface area contributed by atoms with Gasteiger partial charge >= 0.3 is 5.97 Å². The fourth-order valence-corrected chi connectivity index (χ4v) is 3.08. The van der Waals surface area contributed by atoms with Crippen molar-refractivity contribution in [1.29, 1.82) is 0 Å². The number of Topliss-reactive ketones (excluding diaryl/α,β-unsaturated/α-hetero) is 1. The zero-order valence-electron chi connectivity index (χ0n) is 16.0. The van der Waals surface area contributed by atoms with Crippen LogP contribution in [0.2, 0.25) is 0 Å². The lowest BCUT2D eigenvalue weighted by Gasteiger charge is -2.03. The normalized spacial score (nSPS) is 10.9. The highest BCUT2D eigenvalue weighted by Crippen LogP contribution is 2.13. The van der Waals surface area contributed by atoms with Crippen LogP contribution in [0.3, 0.4) is 0 Å². The summed E-state index contributed by atoms with van der Waals surface area (Å²) in [6.07, 6.45) is 20.2. The standard InChI is InChI=1S/C21H40O3/c1-2-3-4-5-6-7-8-9-10-11-12-13-14-15-17-20(22)18-16-19-21(23)24/h2-19H2,1H3,(H,23,24). The van der Waals surface area contributed by atoms with Crippen LogP contribution in [0.5, 0.6) is 0 Å². The second-order valence-electron chi connectivity index (χ2n) is 7.13. The zero-order chi connectivity index (χ0) is 17.9. The van der Waals surface area contributed by atoms with Gasteiger partial charge in [-0.05, 0) is 12.8 Å². The molecule has 0 spiro atoms. The predicted octanol–water partition coefficient (Wildman–Crippen LogP) is 6.68. The van der Waals surface area contributed by atoms with Gasteiger partial charge in [0.1, 0.15) is 5.78 Å². The molecule has 0 bridgehead atoms. The monoisotopic (exact) mass is 340 g/mol. The van der Waals surface area contributed by atoms with E-state index in [0.717, 1.165) is 12.8 Å². The number of unbranched alkanes of at least 4 members (excludes halogenated alkanes) is 13. The van der Waals surface area contributed by atoms with Crippen LogP contribution in [0, 0.1) is 0 Å². The second-order valence-corrected chi connectivity index (χ2v) is 7.13. The van der Waals surface area contributed by atoms with E-state index >= 15 is 0 Å². The third-order valence-corrected chi connectivity index (χ3v) is 4.66. The van der Waals surface area contributed by atoms with E-state index in [1.807, 2.05) is 0 Å². The van der Waals surface area contributed by atoms with E-state index in [4.69, 9.17) is 5.11 Å². The molecule has 24 heavy (non-hydrogen) atoms. The van der Waals surface area contributed by atoms with E-state index < -0.39 is 5.97 Å². The van der Waals surface area contributed by atoms with E-state index in [-0.39, 0.29) is 12.2 Å². The van der Waals surface area contributed by atoms with Gasteiger partial charge in [0.15, 0.2) is 0 Å². The number of hydrogen-bond donors (Lipinski definition) is 1. The molecule has 0 aromatic heterocycles. The van der Waals surface area contributed by atoms with Gasteiger partial charge in [-0.2, -0.15) is 0 Å². The summed E-state index contributed by atoms with van der Waals surface area (Å²) in [5.41, 5.74) is 0. The molecule has 0 heterocycles. The van der Waals surface area contributed by atoms with Gasteiger partial charge in [-0.1, -0.05) is 90.4 Å². The number of carboxylic acids is 1. The Bertz CT molecular complexity index is 299.